The first-order chi connectivity index (χ1) is 12.1. The van der Waals surface area contributed by atoms with Crippen LogP contribution < -0.4 is 10.2 Å². The maximum absolute atomic E-state index is 12.2. The van der Waals surface area contributed by atoms with Gasteiger partial charge in [-0.05, 0) is 42.0 Å². The van der Waals surface area contributed by atoms with Crippen molar-refractivity contribution in [1.82, 2.24) is 10.3 Å². The number of thiazole rings is 1. The van der Waals surface area contributed by atoms with Crippen LogP contribution in [0.4, 0.5) is 5.69 Å². The zero-order valence-electron chi connectivity index (χ0n) is 14.4. The summed E-state index contributed by atoms with van der Waals surface area (Å²) in [6.07, 6.45) is 3.54. The number of aromatic nitrogens is 1. The number of thiophene rings is 1. The van der Waals surface area contributed by atoms with Gasteiger partial charge in [0.05, 0.1) is 11.1 Å². The van der Waals surface area contributed by atoms with Crippen molar-refractivity contribution >= 4 is 34.3 Å². The Morgan fingerprint density at radius 3 is 2.68 bits per heavy atom. The molecule has 1 aromatic carbocycles. The summed E-state index contributed by atoms with van der Waals surface area (Å²) in [5.41, 5.74) is 2.49. The summed E-state index contributed by atoms with van der Waals surface area (Å²) in [7, 11) is 4.07. The normalized spacial score (nSPS) is 10.6. The summed E-state index contributed by atoms with van der Waals surface area (Å²) >= 11 is 3.08. The molecule has 25 heavy (non-hydrogen) atoms. The van der Waals surface area contributed by atoms with Crippen molar-refractivity contribution in [3.8, 4) is 9.88 Å². The molecule has 0 aliphatic heterocycles. The van der Waals surface area contributed by atoms with Crippen molar-refractivity contribution in [2.75, 3.05) is 25.5 Å². The van der Waals surface area contributed by atoms with E-state index in [-0.39, 0.29) is 5.91 Å². The Morgan fingerprint density at radius 1 is 1.20 bits per heavy atom. The molecule has 4 nitrogen and oxygen atoms in total. The van der Waals surface area contributed by atoms with Crippen molar-refractivity contribution in [2.24, 2.45) is 0 Å². The van der Waals surface area contributed by atoms with E-state index in [4.69, 9.17) is 0 Å². The molecule has 2 aromatic heterocycles. The van der Waals surface area contributed by atoms with Gasteiger partial charge in [0.2, 0.25) is 0 Å². The minimum atomic E-state index is -0.0386. The number of aryl methyl sites for hydroxylation is 1. The lowest BCUT2D eigenvalue weighted by Crippen LogP contribution is -2.23. The van der Waals surface area contributed by atoms with E-state index in [9.17, 15) is 4.79 Å². The van der Waals surface area contributed by atoms with Crippen LogP contribution in [0.25, 0.3) is 9.88 Å². The van der Waals surface area contributed by atoms with Crippen LogP contribution in [0.2, 0.25) is 0 Å². The lowest BCUT2D eigenvalue weighted by atomic mass is 10.1. The third-order valence-corrected chi connectivity index (χ3v) is 5.88. The SMILES string of the molecule is CN(C)c1ccc(CCCNC(=O)c2cnc(-c3cccs3)s2)cc1. The van der Waals surface area contributed by atoms with Gasteiger partial charge < -0.3 is 10.2 Å². The summed E-state index contributed by atoms with van der Waals surface area (Å²) in [5.74, 6) is -0.0386. The Balaban J connectivity index is 1.45. The van der Waals surface area contributed by atoms with E-state index in [0.29, 0.717) is 11.4 Å². The first kappa shape index (κ1) is 17.6. The average molecular weight is 372 g/mol. The number of nitrogens with one attached hydrogen (secondary N) is 1. The molecule has 0 radical (unpaired) electrons. The van der Waals surface area contributed by atoms with Crippen LogP contribution in [-0.4, -0.2) is 31.5 Å². The molecule has 6 heteroatoms. The molecule has 1 N–H and O–H groups in total. The zero-order chi connectivity index (χ0) is 17.6. The Hall–Kier alpha value is -2.18. The van der Waals surface area contributed by atoms with Gasteiger partial charge >= 0.3 is 0 Å². The van der Waals surface area contributed by atoms with Crippen LogP contribution in [0, 0.1) is 0 Å². The first-order valence-corrected chi connectivity index (χ1v) is 9.87. The fraction of sp³-hybridized carbons (Fsp3) is 0.263. The van der Waals surface area contributed by atoms with Gasteiger partial charge in [0.25, 0.3) is 5.91 Å². The predicted octanol–water partition coefficient (Wildman–Crippen LogP) is 4.30. The molecule has 0 aliphatic carbocycles. The maximum Gasteiger partial charge on any atom is 0.263 e. The fourth-order valence-electron chi connectivity index (χ4n) is 2.44. The van der Waals surface area contributed by atoms with E-state index in [2.05, 4.69) is 39.5 Å². The van der Waals surface area contributed by atoms with Crippen molar-refractivity contribution < 1.29 is 4.79 Å². The minimum Gasteiger partial charge on any atom is -0.378 e. The molecular formula is C19H21N3OS2. The molecule has 2 heterocycles. The number of anilines is 1. The molecule has 0 fully saturated rings. The van der Waals surface area contributed by atoms with Crippen LogP contribution in [0.3, 0.4) is 0 Å². The molecule has 0 unspecified atom stereocenters. The standard InChI is InChI=1S/C19H21N3OS2/c1-22(2)15-9-7-14(8-10-15)5-3-11-20-18(23)17-13-21-19(25-17)16-6-4-12-24-16/h4,6-10,12-13H,3,5,11H2,1-2H3,(H,20,23). The molecule has 0 bridgehead atoms. The molecule has 0 saturated carbocycles. The van der Waals surface area contributed by atoms with Crippen LogP contribution in [-0.2, 0) is 6.42 Å². The summed E-state index contributed by atoms with van der Waals surface area (Å²) < 4.78 is 0. The third kappa shape index (κ3) is 4.67. The Kier molecular flexibility index (Phi) is 5.83. The van der Waals surface area contributed by atoms with Gasteiger partial charge in [0.15, 0.2) is 0 Å². The molecule has 3 aromatic rings. The van der Waals surface area contributed by atoms with Crippen LogP contribution in [0.1, 0.15) is 21.7 Å². The second-order valence-corrected chi connectivity index (χ2v) is 7.91. The monoisotopic (exact) mass is 371 g/mol. The van der Waals surface area contributed by atoms with Gasteiger partial charge in [-0.3, -0.25) is 4.79 Å². The summed E-state index contributed by atoms with van der Waals surface area (Å²) in [6.45, 7) is 0.667. The lowest BCUT2D eigenvalue weighted by molar-refractivity contribution is 0.0957. The number of hydrogen-bond acceptors (Lipinski definition) is 5. The summed E-state index contributed by atoms with van der Waals surface area (Å²) in [6, 6.07) is 12.6. The van der Waals surface area contributed by atoms with Crippen LogP contribution in [0.15, 0.2) is 48.0 Å². The first-order valence-electron chi connectivity index (χ1n) is 8.17. The highest BCUT2D eigenvalue weighted by Gasteiger charge is 2.11. The zero-order valence-corrected chi connectivity index (χ0v) is 16.0. The number of rotatable bonds is 7. The van der Waals surface area contributed by atoms with Crippen molar-refractivity contribution in [2.45, 2.75) is 12.8 Å². The Morgan fingerprint density at radius 2 is 2.00 bits per heavy atom. The van der Waals surface area contributed by atoms with Gasteiger partial charge in [-0.2, -0.15) is 0 Å². The van der Waals surface area contributed by atoms with E-state index >= 15 is 0 Å². The molecule has 130 valence electrons. The summed E-state index contributed by atoms with van der Waals surface area (Å²) in [5, 5.41) is 5.90. The van der Waals surface area contributed by atoms with Crippen molar-refractivity contribution in [3.05, 3.63) is 58.4 Å². The topological polar surface area (TPSA) is 45.2 Å². The van der Waals surface area contributed by atoms with E-state index in [1.807, 2.05) is 31.6 Å². The molecule has 1 amide bonds. The number of amides is 1. The highest BCUT2D eigenvalue weighted by molar-refractivity contribution is 7.21. The highest BCUT2D eigenvalue weighted by Crippen LogP contribution is 2.28. The Bertz CT molecular complexity index is 808. The van der Waals surface area contributed by atoms with E-state index in [1.165, 1.54) is 22.6 Å². The summed E-state index contributed by atoms with van der Waals surface area (Å²) in [4.78, 5) is 20.4. The number of hydrogen-bond donors (Lipinski definition) is 1. The van der Waals surface area contributed by atoms with E-state index in [1.54, 1.807) is 17.5 Å². The molecule has 0 atom stereocenters. The second kappa shape index (κ2) is 8.27. The molecule has 0 saturated heterocycles. The van der Waals surface area contributed by atoms with Crippen LogP contribution in [0.5, 0.6) is 0 Å². The van der Waals surface area contributed by atoms with Crippen LogP contribution >= 0.6 is 22.7 Å². The van der Waals surface area contributed by atoms with Crippen molar-refractivity contribution in [1.29, 1.82) is 0 Å². The fourth-order valence-corrected chi connectivity index (χ4v) is 4.07. The van der Waals surface area contributed by atoms with Gasteiger partial charge in [0, 0.05) is 26.3 Å². The van der Waals surface area contributed by atoms with Gasteiger partial charge in [-0.1, -0.05) is 18.2 Å². The van der Waals surface area contributed by atoms with Crippen molar-refractivity contribution in [3.63, 3.8) is 0 Å². The quantitative estimate of drug-likeness (QED) is 0.630. The van der Waals surface area contributed by atoms with Gasteiger partial charge in [0.1, 0.15) is 9.88 Å². The largest absolute Gasteiger partial charge is 0.378 e. The van der Waals surface area contributed by atoms with Gasteiger partial charge in [-0.15, -0.1) is 22.7 Å². The average Bonchev–Trinajstić information content (AvgIpc) is 3.29. The number of nitrogens with zero attached hydrogens (tertiary/aromatic N) is 2. The van der Waals surface area contributed by atoms with E-state index < -0.39 is 0 Å². The predicted molar refractivity (Wildman–Crippen MR) is 107 cm³/mol. The maximum atomic E-state index is 12.2. The van der Waals surface area contributed by atoms with Gasteiger partial charge in [-0.25, -0.2) is 4.98 Å². The Labute approximate surface area is 156 Å². The highest BCUT2D eigenvalue weighted by atomic mass is 32.1. The molecule has 0 aliphatic rings. The van der Waals surface area contributed by atoms with E-state index in [0.717, 1.165) is 22.7 Å². The molecule has 0 spiro atoms. The molecular weight excluding hydrogens is 350 g/mol. The third-order valence-electron chi connectivity index (χ3n) is 3.84. The lowest BCUT2D eigenvalue weighted by Gasteiger charge is -2.12. The number of carbonyl (C=O) groups excluding carboxylic acids is 1. The second-order valence-electron chi connectivity index (χ2n) is 5.93. The smallest absolute Gasteiger partial charge is 0.263 e. The number of carbonyl (C=O) groups is 1. The molecule has 3 rings (SSSR count). The minimum absolute atomic E-state index is 0.0386. The number of benzene rings is 1.